The van der Waals surface area contributed by atoms with Crippen molar-refractivity contribution < 1.29 is 31.1 Å². The smallest absolute Gasteiger partial charge is 0.381 e. The zero-order valence-electron chi connectivity index (χ0n) is 19.9. The standard InChI is InChI=1S/C24H24B2F6N4O/c25-23(26,14-1-3-37-4-2-14)36-10-12-5-15(6-13(12)11-36)33-22-17(24(30,31)32)8-21(34-35-22)16-7-19(28)20(29)9-18(16)27/h7-9,12-15H,1-6,10-11H2,(H,33,35)/t12-,13+,15?. The lowest BCUT2D eigenvalue weighted by Gasteiger charge is -2.45. The predicted molar refractivity (Wildman–Crippen MR) is 125 cm³/mol. The number of nitrogens with zero attached hydrogens (tertiary/aromatic N) is 3. The van der Waals surface area contributed by atoms with Crippen LogP contribution in [0.2, 0.25) is 0 Å². The number of alkyl halides is 3. The Balaban J connectivity index is 1.30. The summed E-state index contributed by atoms with van der Waals surface area (Å²) in [5, 5.41) is 9.23. The van der Waals surface area contributed by atoms with Gasteiger partial charge >= 0.3 is 6.18 Å². The van der Waals surface area contributed by atoms with E-state index in [4.69, 9.17) is 20.4 Å². The maximum absolute atomic E-state index is 14.1. The molecule has 1 saturated carbocycles. The highest BCUT2D eigenvalue weighted by atomic mass is 19.4. The minimum Gasteiger partial charge on any atom is -0.381 e. The molecule has 1 aromatic carbocycles. The lowest BCUT2D eigenvalue weighted by atomic mass is 9.52. The second kappa shape index (κ2) is 9.80. The van der Waals surface area contributed by atoms with Crippen molar-refractivity contribution in [2.75, 3.05) is 31.6 Å². The zero-order valence-corrected chi connectivity index (χ0v) is 19.9. The fraction of sp³-hybridized carbons (Fsp3) is 0.583. The molecule has 194 valence electrons. The lowest BCUT2D eigenvalue weighted by molar-refractivity contribution is -0.137. The first-order valence-corrected chi connectivity index (χ1v) is 12.2. The number of ether oxygens (including phenoxy) is 1. The maximum atomic E-state index is 14.1. The van der Waals surface area contributed by atoms with Crippen LogP contribution in [0.15, 0.2) is 18.2 Å². The van der Waals surface area contributed by atoms with Gasteiger partial charge in [0.05, 0.1) is 21.4 Å². The van der Waals surface area contributed by atoms with Gasteiger partial charge in [0.25, 0.3) is 0 Å². The summed E-state index contributed by atoms with van der Waals surface area (Å²) < 4.78 is 88.0. The van der Waals surface area contributed by atoms with Crippen LogP contribution in [0, 0.1) is 35.2 Å². The molecule has 0 amide bonds. The summed E-state index contributed by atoms with van der Waals surface area (Å²) in [4.78, 5) is 2.08. The van der Waals surface area contributed by atoms with Crippen molar-refractivity contribution in [2.24, 2.45) is 17.8 Å². The predicted octanol–water partition coefficient (Wildman–Crippen LogP) is 4.12. The molecule has 2 aromatic rings. The van der Waals surface area contributed by atoms with Gasteiger partial charge in [0.15, 0.2) is 17.5 Å². The molecule has 1 aromatic heterocycles. The van der Waals surface area contributed by atoms with Crippen molar-refractivity contribution in [1.82, 2.24) is 15.1 Å². The molecule has 1 unspecified atom stereocenters. The largest absolute Gasteiger partial charge is 0.420 e. The van der Waals surface area contributed by atoms with Crippen molar-refractivity contribution in [1.29, 1.82) is 0 Å². The van der Waals surface area contributed by atoms with Crippen molar-refractivity contribution in [2.45, 2.75) is 43.2 Å². The summed E-state index contributed by atoms with van der Waals surface area (Å²) in [6.07, 6.45) is -2.07. The monoisotopic (exact) mass is 520 g/mol. The molecule has 3 atom stereocenters. The van der Waals surface area contributed by atoms with Crippen molar-refractivity contribution in [3.05, 3.63) is 41.2 Å². The molecule has 37 heavy (non-hydrogen) atoms. The van der Waals surface area contributed by atoms with Gasteiger partial charge in [-0.1, -0.05) is 5.34 Å². The maximum Gasteiger partial charge on any atom is 0.420 e. The van der Waals surface area contributed by atoms with Gasteiger partial charge in [-0.3, -0.25) is 0 Å². The van der Waals surface area contributed by atoms with Gasteiger partial charge < -0.3 is 15.0 Å². The normalized spacial score (nSPS) is 25.4. The van der Waals surface area contributed by atoms with E-state index in [1.54, 1.807) is 0 Å². The molecule has 1 N–H and O–H groups in total. The van der Waals surface area contributed by atoms with Crippen LogP contribution >= 0.6 is 0 Å². The second-order valence-corrected chi connectivity index (χ2v) is 10.2. The Kier molecular flexibility index (Phi) is 6.97. The molecule has 3 aliphatic rings. The van der Waals surface area contributed by atoms with Crippen LogP contribution in [0.25, 0.3) is 11.3 Å². The lowest BCUT2D eigenvalue weighted by Crippen LogP contribution is -2.56. The summed E-state index contributed by atoms with van der Waals surface area (Å²) in [7, 11) is 13.1. The van der Waals surface area contributed by atoms with Crippen LogP contribution in [0.4, 0.5) is 32.2 Å². The molecular weight excluding hydrogens is 496 g/mol. The third kappa shape index (κ3) is 5.21. The van der Waals surface area contributed by atoms with Gasteiger partial charge in [-0.15, -0.1) is 10.2 Å². The van der Waals surface area contributed by atoms with E-state index < -0.39 is 51.6 Å². The SMILES string of the molecule is [B]C([B])(C1CCOCC1)N1C[C@H]2CC(Nc3nnc(-c4cc(F)c(F)cc4F)cc3C(F)(F)F)C[C@H]2C1. The molecule has 2 saturated heterocycles. The van der Waals surface area contributed by atoms with Crippen LogP contribution < -0.4 is 5.32 Å². The average molecular weight is 520 g/mol. The molecule has 3 heterocycles. The number of rotatable bonds is 5. The number of anilines is 1. The van der Waals surface area contributed by atoms with Gasteiger partial charge in [-0.2, -0.15) is 13.2 Å². The van der Waals surface area contributed by atoms with Crippen molar-refractivity contribution in [3.8, 4) is 11.3 Å². The van der Waals surface area contributed by atoms with E-state index in [1.807, 2.05) is 0 Å². The minimum atomic E-state index is -4.84. The molecule has 1 aliphatic carbocycles. The van der Waals surface area contributed by atoms with Crippen molar-refractivity contribution in [3.63, 3.8) is 0 Å². The summed E-state index contributed by atoms with van der Waals surface area (Å²) in [5.41, 5.74) is -2.33. The van der Waals surface area contributed by atoms with Crippen molar-refractivity contribution >= 4 is 21.5 Å². The first kappa shape index (κ1) is 26.3. The van der Waals surface area contributed by atoms with E-state index in [9.17, 15) is 26.3 Å². The molecule has 13 heteroatoms. The number of hydrogen-bond acceptors (Lipinski definition) is 5. The highest BCUT2D eigenvalue weighted by Crippen LogP contribution is 2.44. The first-order valence-electron chi connectivity index (χ1n) is 12.2. The van der Waals surface area contributed by atoms with Crippen LogP contribution in [0.5, 0.6) is 0 Å². The number of fused-ring (bicyclic) bond motifs is 1. The fourth-order valence-corrected chi connectivity index (χ4v) is 5.91. The number of aromatic nitrogens is 2. The molecular formula is C24H24B2F6N4O. The van der Waals surface area contributed by atoms with E-state index in [0.717, 1.165) is 12.8 Å². The molecule has 4 radical (unpaired) electrons. The van der Waals surface area contributed by atoms with Crippen LogP contribution in [-0.2, 0) is 10.9 Å². The Labute approximate surface area is 213 Å². The third-order valence-corrected chi connectivity index (χ3v) is 7.90. The molecule has 0 bridgehead atoms. The number of nitrogens with one attached hydrogen (secondary N) is 1. The van der Waals surface area contributed by atoms with Crippen LogP contribution in [0.3, 0.4) is 0 Å². The molecule has 2 aliphatic heterocycles. The minimum absolute atomic E-state index is 0.108. The Morgan fingerprint density at radius 1 is 0.892 bits per heavy atom. The van der Waals surface area contributed by atoms with E-state index >= 15 is 0 Å². The Bertz CT molecular complexity index is 1150. The Morgan fingerprint density at radius 2 is 1.51 bits per heavy atom. The number of hydrogen-bond donors (Lipinski definition) is 1. The molecule has 5 nitrogen and oxygen atoms in total. The van der Waals surface area contributed by atoms with Gasteiger partial charge in [0.2, 0.25) is 0 Å². The zero-order chi connectivity index (χ0) is 26.5. The van der Waals surface area contributed by atoms with Crippen LogP contribution in [0.1, 0.15) is 31.2 Å². The summed E-state index contributed by atoms with van der Waals surface area (Å²) >= 11 is 0. The number of benzene rings is 1. The third-order valence-electron chi connectivity index (χ3n) is 7.90. The highest BCUT2D eigenvalue weighted by Gasteiger charge is 2.47. The Hall–Kier alpha value is -2.27. The van der Waals surface area contributed by atoms with Gasteiger partial charge in [-0.25, -0.2) is 13.2 Å². The van der Waals surface area contributed by atoms with E-state index in [0.29, 0.717) is 51.3 Å². The summed E-state index contributed by atoms with van der Waals surface area (Å²) in [6.45, 7) is 2.55. The highest BCUT2D eigenvalue weighted by molar-refractivity contribution is 6.40. The van der Waals surface area contributed by atoms with E-state index in [1.165, 1.54) is 0 Å². The molecule has 3 fully saturated rings. The second-order valence-electron chi connectivity index (χ2n) is 10.2. The topological polar surface area (TPSA) is 50.3 Å². The first-order chi connectivity index (χ1) is 17.4. The Morgan fingerprint density at radius 3 is 2.14 bits per heavy atom. The summed E-state index contributed by atoms with van der Waals surface area (Å²) in [6, 6.07) is 1.02. The quantitative estimate of drug-likeness (QED) is 0.366. The van der Waals surface area contributed by atoms with E-state index in [2.05, 4.69) is 20.4 Å². The van der Waals surface area contributed by atoms with Gasteiger partial charge in [-0.05, 0) is 55.6 Å². The molecule has 5 rings (SSSR count). The number of likely N-dealkylation sites (tertiary alicyclic amines) is 1. The van der Waals surface area contributed by atoms with E-state index in [-0.39, 0.29) is 29.9 Å². The van der Waals surface area contributed by atoms with Gasteiger partial charge in [0.1, 0.15) is 11.4 Å². The molecule has 0 spiro atoms. The fourth-order valence-electron chi connectivity index (χ4n) is 5.91. The van der Waals surface area contributed by atoms with Crippen LogP contribution in [-0.4, -0.2) is 68.5 Å². The summed E-state index contributed by atoms with van der Waals surface area (Å²) in [5.74, 6) is -4.07. The number of halogens is 6. The average Bonchev–Trinajstić information content (AvgIpc) is 3.41. The van der Waals surface area contributed by atoms with Gasteiger partial charge in [0, 0.05) is 44.0 Å².